The van der Waals surface area contributed by atoms with Crippen molar-refractivity contribution in [1.82, 2.24) is 9.59 Å². The van der Waals surface area contributed by atoms with E-state index < -0.39 is 9.84 Å². The van der Waals surface area contributed by atoms with E-state index >= 15 is 0 Å². The molecule has 0 spiro atoms. The van der Waals surface area contributed by atoms with E-state index in [9.17, 15) is 8.42 Å². The first kappa shape index (κ1) is 6.63. The number of rotatable bonds is 1. The van der Waals surface area contributed by atoms with Gasteiger partial charge in [-0.15, -0.1) is 5.10 Å². The summed E-state index contributed by atoms with van der Waals surface area (Å²) >= 11 is 1.03. The molecule has 1 aromatic heterocycles. The van der Waals surface area contributed by atoms with Crippen LogP contribution in [0.25, 0.3) is 0 Å². The van der Waals surface area contributed by atoms with Crippen LogP contribution in [0.3, 0.4) is 0 Å². The first-order valence-electron chi connectivity index (χ1n) is 2.08. The van der Waals surface area contributed by atoms with Crippen molar-refractivity contribution in [1.29, 1.82) is 0 Å². The van der Waals surface area contributed by atoms with Gasteiger partial charge in [0.2, 0.25) is 0 Å². The van der Waals surface area contributed by atoms with Crippen LogP contribution in [0.15, 0.2) is 10.4 Å². The van der Waals surface area contributed by atoms with Gasteiger partial charge in [-0.25, -0.2) is 8.42 Å². The van der Waals surface area contributed by atoms with E-state index in [1.807, 2.05) is 0 Å². The third-order valence-corrected chi connectivity index (χ3v) is 2.33. The van der Waals surface area contributed by atoms with Crippen molar-refractivity contribution >= 4 is 21.4 Å². The van der Waals surface area contributed by atoms with Crippen LogP contribution in [0.4, 0.5) is 0 Å². The van der Waals surface area contributed by atoms with Gasteiger partial charge in [0.1, 0.15) is 0 Å². The van der Waals surface area contributed by atoms with Crippen LogP contribution < -0.4 is 0 Å². The molecule has 0 unspecified atom stereocenters. The molecule has 4 nitrogen and oxygen atoms in total. The molecule has 0 aliphatic rings. The Balaban J connectivity index is 3.20. The van der Waals surface area contributed by atoms with Gasteiger partial charge in [0.05, 0.1) is 5.38 Å². The van der Waals surface area contributed by atoms with Crippen molar-refractivity contribution in [2.75, 3.05) is 6.26 Å². The Kier molecular flexibility index (Phi) is 1.50. The predicted octanol–water partition coefficient (Wildman–Crippen LogP) is -0.0584. The normalized spacial score (nSPS) is 11.7. The summed E-state index contributed by atoms with van der Waals surface area (Å²) in [6.07, 6.45) is 1.10. The van der Waals surface area contributed by atoms with E-state index in [-0.39, 0.29) is 5.03 Å². The van der Waals surface area contributed by atoms with E-state index in [1.54, 1.807) is 0 Å². The fourth-order valence-electron chi connectivity index (χ4n) is 0.318. The molecule has 0 aliphatic heterocycles. The summed E-state index contributed by atoms with van der Waals surface area (Å²) in [6.45, 7) is 0. The topological polar surface area (TPSA) is 59.9 Å². The maximum atomic E-state index is 10.6. The van der Waals surface area contributed by atoms with Crippen molar-refractivity contribution in [3.63, 3.8) is 0 Å². The number of hydrogen-bond acceptors (Lipinski definition) is 5. The minimum Gasteiger partial charge on any atom is -0.222 e. The van der Waals surface area contributed by atoms with Gasteiger partial charge >= 0.3 is 0 Å². The Labute approximate surface area is 56.6 Å². The van der Waals surface area contributed by atoms with E-state index in [1.165, 1.54) is 5.38 Å². The lowest BCUT2D eigenvalue weighted by molar-refractivity contribution is 0.598. The second-order valence-electron chi connectivity index (χ2n) is 1.52. The molecule has 6 heteroatoms. The van der Waals surface area contributed by atoms with Gasteiger partial charge in [-0.2, -0.15) is 0 Å². The molecule has 0 atom stereocenters. The maximum Gasteiger partial charge on any atom is 0.195 e. The van der Waals surface area contributed by atoms with Crippen molar-refractivity contribution in [2.24, 2.45) is 0 Å². The quantitative estimate of drug-likeness (QED) is 0.583. The van der Waals surface area contributed by atoms with Gasteiger partial charge < -0.3 is 0 Å². The van der Waals surface area contributed by atoms with E-state index in [0.717, 1.165) is 17.8 Å². The summed E-state index contributed by atoms with van der Waals surface area (Å²) in [5, 5.41) is 4.81. The first-order valence-corrected chi connectivity index (χ1v) is 4.80. The molecule has 1 heterocycles. The van der Waals surface area contributed by atoms with E-state index in [0.29, 0.717) is 0 Å². The molecule has 0 saturated heterocycles. The lowest BCUT2D eigenvalue weighted by atomic mass is 11.0. The van der Waals surface area contributed by atoms with Crippen molar-refractivity contribution in [2.45, 2.75) is 5.03 Å². The largest absolute Gasteiger partial charge is 0.222 e. The predicted molar refractivity (Wildman–Crippen MR) is 33.0 cm³/mol. The Hall–Kier alpha value is -0.490. The van der Waals surface area contributed by atoms with Gasteiger partial charge in [0.25, 0.3) is 0 Å². The molecular formula is C3H4N2O2S2. The van der Waals surface area contributed by atoms with E-state index in [4.69, 9.17) is 0 Å². The highest BCUT2D eigenvalue weighted by molar-refractivity contribution is 7.90. The summed E-state index contributed by atoms with van der Waals surface area (Å²) in [7, 11) is -3.12. The average molecular weight is 164 g/mol. The lowest BCUT2D eigenvalue weighted by Crippen LogP contribution is -1.96. The van der Waals surface area contributed by atoms with Crippen LogP contribution in [-0.4, -0.2) is 24.3 Å². The standard InChI is InChI=1S/C3H4N2O2S2/c1-9(6,7)3-2-8-5-4-3/h2H,1H3. The molecule has 1 aromatic rings. The molecular weight excluding hydrogens is 160 g/mol. The van der Waals surface area contributed by atoms with Gasteiger partial charge in [0, 0.05) is 6.26 Å². The molecule has 0 aromatic carbocycles. The average Bonchev–Trinajstić information content (AvgIpc) is 2.08. The molecule has 9 heavy (non-hydrogen) atoms. The Morgan fingerprint density at radius 1 is 1.67 bits per heavy atom. The molecule has 0 saturated carbocycles. The second-order valence-corrected chi connectivity index (χ2v) is 4.09. The smallest absolute Gasteiger partial charge is 0.195 e. The summed E-state index contributed by atoms with van der Waals surface area (Å²) in [5.74, 6) is 0. The van der Waals surface area contributed by atoms with Crippen LogP contribution in [-0.2, 0) is 9.84 Å². The van der Waals surface area contributed by atoms with Crippen LogP contribution >= 0.6 is 11.5 Å². The monoisotopic (exact) mass is 164 g/mol. The van der Waals surface area contributed by atoms with Crippen LogP contribution in [0.5, 0.6) is 0 Å². The van der Waals surface area contributed by atoms with Crippen molar-refractivity contribution in [3.8, 4) is 0 Å². The summed E-state index contributed by atoms with van der Waals surface area (Å²) < 4.78 is 24.6. The van der Waals surface area contributed by atoms with Gasteiger partial charge in [-0.1, -0.05) is 4.49 Å². The minimum absolute atomic E-state index is 0.0486. The third-order valence-electron chi connectivity index (χ3n) is 0.720. The van der Waals surface area contributed by atoms with Crippen LogP contribution in [0, 0.1) is 0 Å². The second kappa shape index (κ2) is 2.03. The van der Waals surface area contributed by atoms with Crippen LogP contribution in [0.2, 0.25) is 0 Å². The molecule has 0 amide bonds. The number of nitrogens with zero attached hydrogens (tertiary/aromatic N) is 2. The number of sulfone groups is 1. The Morgan fingerprint density at radius 2 is 2.33 bits per heavy atom. The van der Waals surface area contributed by atoms with E-state index in [2.05, 4.69) is 9.59 Å². The van der Waals surface area contributed by atoms with Crippen molar-refractivity contribution < 1.29 is 8.42 Å². The van der Waals surface area contributed by atoms with Gasteiger partial charge in [-0.05, 0) is 11.5 Å². The SMILES string of the molecule is CS(=O)(=O)c1csnn1. The summed E-state index contributed by atoms with van der Waals surface area (Å²) in [6, 6.07) is 0. The molecule has 0 fully saturated rings. The molecule has 50 valence electrons. The maximum absolute atomic E-state index is 10.6. The molecule has 1 rings (SSSR count). The molecule has 0 radical (unpaired) electrons. The number of hydrogen-bond donors (Lipinski definition) is 0. The summed E-state index contributed by atoms with van der Waals surface area (Å²) in [5.41, 5.74) is 0. The zero-order chi connectivity index (χ0) is 6.91. The highest BCUT2D eigenvalue weighted by Crippen LogP contribution is 2.03. The Bertz CT molecular complexity index is 275. The summed E-state index contributed by atoms with van der Waals surface area (Å²) in [4.78, 5) is 0. The Morgan fingerprint density at radius 3 is 2.56 bits per heavy atom. The highest BCUT2D eigenvalue weighted by Gasteiger charge is 2.08. The van der Waals surface area contributed by atoms with Crippen molar-refractivity contribution in [3.05, 3.63) is 5.38 Å². The molecule has 0 N–H and O–H groups in total. The van der Waals surface area contributed by atoms with Gasteiger partial charge in [0.15, 0.2) is 14.9 Å². The first-order chi connectivity index (χ1) is 4.11. The minimum atomic E-state index is -3.12. The van der Waals surface area contributed by atoms with Crippen LogP contribution in [0.1, 0.15) is 0 Å². The molecule has 0 bridgehead atoms. The third kappa shape index (κ3) is 1.46. The lowest BCUT2D eigenvalue weighted by Gasteiger charge is -1.83. The molecule has 0 aliphatic carbocycles. The highest BCUT2D eigenvalue weighted by atomic mass is 32.2. The zero-order valence-electron chi connectivity index (χ0n) is 4.60. The number of aromatic nitrogens is 2. The zero-order valence-corrected chi connectivity index (χ0v) is 6.24. The van der Waals surface area contributed by atoms with Gasteiger partial charge in [-0.3, -0.25) is 0 Å². The fraction of sp³-hybridized carbons (Fsp3) is 0.333. The fourth-order valence-corrected chi connectivity index (χ4v) is 1.71.